The van der Waals surface area contributed by atoms with Gasteiger partial charge in [-0.2, -0.15) is 8.42 Å². The highest BCUT2D eigenvalue weighted by Gasteiger charge is 2.33. The lowest BCUT2D eigenvalue weighted by Crippen LogP contribution is -2.49. The molecule has 176 valence electrons. The van der Waals surface area contributed by atoms with Crippen LogP contribution in [0.5, 0.6) is 5.75 Å². The number of aliphatic hydroxyl groups is 1. The van der Waals surface area contributed by atoms with Gasteiger partial charge in [-0.25, -0.2) is 4.98 Å². The predicted octanol–water partition coefficient (Wildman–Crippen LogP) is 1.00. The number of sulfonamides is 1. The number of nitrogens with one attached hydrogen (secondary N) is 1. The molecule has 3 atom stereocenters. The van der Waals surface area contributed by atoms with Gasteiger partial charge in [0.15, 0.2) is 5.03 Å². The number of imidazole rings is 1. The molecule has 11 heteroatoms. The Balaban J connectivity index is 2.00. The molecular formula is C21H31N5O5S. The zero-order chi connectivity index (χ0) is 23.6. The van der Waals surface area contributed by atoms with Crippen LogP contribution >= 0.6 is 0 Å². The molecule has 0 saturated heterocycles. The molecule has 0 saturated carbocycles. The summed E-state index contributed by atoms with van der Waals surface area (Å²) in [6.07, 6.45) is 2.59. The van der Waals surface area contributed by atoms with Crippen LogP contribution in [0.15, 0.2) is 35.7 Å². The lowest BCUT2D eigenvalue weighted by Gasteiger charge is -2.37. The van der Waals surface area contributed by atoms with Crippen molar-refractivity contribution in [3.63, 3.8) is 0 Å². The van der Waals surface area contributed by atoms with E-state index in [9.17, 15) is 18.3 Å². The molecule has 0 bridgehead atoms. The molecule has 2 N–H and O–H groups in total. The van der Waals surface area contributed by atoms with Gasteiger partial charge in [0.25, 0.3) is 15.9 Å². The maximum atomic E-state index is 13.4. The van der Waals surface area contributed by atoms with E-state index in [-0.39, 0.29) is 40.8 Å². The Morgan fingerprint density at radius 3 is 2.69 bits per heavy atom. The molecule has 0 aliphatic carbocycles. The second-order valence-electron chi connectivity index (χ2n) is 8.58. The summed E-state index contributed by atoms with van der Waals surface area (Å²) in [4.78, 5) is 20.9. The zero-order valence-electron chi connectivity index (χ0n) is 19.0. The van der Waals surface area contributed by atoms with Crippen molar-refractivity contribution < 1.29 is 23.1 Å². The van der Waals surface area contributed by atoms with Gasteiger partial charge in [0.05, 0.1) is 24.5 Å². The number of carbonyl (C=O) groups is 1. The number of ether oxygens (including phenoxy) is 1. The van der Waals surface area contributed by atoms with Gasteiger partial charge < -0.3 is 24.2 Å². The molecule has 1 aromatic carbocycles. The molecule has 0 fully saturated rings. The minimum absolute atomic E-state index is 0.0193. The first-order valence-corrected chi connectivity index (χ1v) is 11.9. The van der Waals surface area contributed by atoms with Gasteiger partial charge in [-0.05, 0) is 39.2 Å². The molecule has 0 radical (unpaired) electrons. The molecule has 2 aromatic rings. The van der Waals surface area contributed by atoms with E-state index in [1.54, 1.807) is 31.0 Å². The van der Waals surface area contributed by atoms with Crippen LogP contribution < -0.4 is 9.46 Å². The molecule has 32 heavy (non-hydrogen) atoms. The van der Waals surface area contributed by atoms with Crippen LogP contribution in [-0.2, 0) is 17.1 Å². The maximum Gasteiger partial charge on any atom is 0.280 e. The van der Waals surface area contributed by atoms with Crippen molar-refractivity contribution in [3.05, 3.63) is 36.3 Å². The number of aromatic nitrogens is 2. The van der Waals surface area contributed by atoms with Gasteiger partial charge in [0.2, 0.25) is 0 Å². The Hall–Kier alpha value is -2.63. The van der Waals surface area contributed by atoms with Crippen LogP contribution in [0, 0.1) is 5.92 Å². The number of benzene rings is 1. The van der Waals surface area contributed by atoms with Crippen molar-refractivity contribution in [2.24, 2.45) is 13.0 Å². The Morgan fingerprint density at radius 2 is 2.09 bits per heavy atom. The summed E-state index contributed by atoms with van der Waals surface area (Å²) in [5.74, 6) is 0.0748. The molecule has 1 amide bonds. The van der Waals surface area contributed by atoms with E-state index in [0.717, 1.165) is 0 Å². The summed E-state index contributed by atoms with van der Waals surface area (Å²) >= 11 is 0. The molecule has 1 aliphatic rings. The summed E-state index contributed by atoms with van der Waals surface area (Å²) in [6.45, 7) is 4.66. The van der Waals surface area contributed by atoms with Gasteiger partial charge in [0, 0.05) is 37.9 Å². The first-order chi connectivity index (χ1) is 15.0. The maximum absolute atomic E-state index is 13.4. The molecule has 10 nitrogen and oxygen atoms in total. The Kier molecular flexibility index (Phi) is 7.11. The van der Waals surface area contributed by atoms with Crippen LogP contribution in [0.2, 0.25) is 0 Å². The lowest BCUT2D eigenvalue weighted by atomic mass is 9.99. The molecule has 1 aliphatic heterocycles. The third-order valence-electron chi connectivity index (χ3n) is 5.42. The van der Waals surface area contributed by atoms with E-state index >= 15 is 0 Å². The number of anilines is 1. The summed E-state index contributed by atoms with van der Waals surface area (Å²) in [5.41, 5.74) is 0.461. The van der Waals surface area contributed by atoms with E-state index in [2.05, 4.69) is 9.71 Å². The van der Waals surface area contributed by atoms with Gasteiger partial charge >= 0.3 is 0 Å². The molecule has 3 rings (SSSR count). The molecule has 1 aromatic heterocycles. The third kappa shape index (κ3) is 5.22. The Bertz CT molecular complexity index is 1070. The summed E-state index contributed by atoms with van der Waals surface area (Å²) in [5, 5.41) is 9.59. The number of amides is 1. The smallest absolute Gasteiger partial charge is 0.280 e. The Labute approximate surface area is 188 Å². The monoisotopic (exact) mass is 465 g/mol. The molecular weight excluding hydrogens is 434 g/mol. The predicted molar refractivity (Wildman–Crippen MR) is 120 cm³/mol. The van der Waals surface area contributed by atoms with Gasteiger partial charge in [-0.15, -0.1) is 0 Å². The van der Waals surface area contributed by atoms with Crippen LogP contribution in [0.4, 0.5) is 5.69 Å². The van der Waals surface area contributed by atoms with Gasteiger partial charge in [-0.1, -0.05) is 6.92 Å². The highest BCUT2D eigenvalue weighted by atomic mass is 32.2. The fourth-order valence-electron chi connectivity index (χ4n) is 3.60. The number of carbonyl (C=O) groups excluding carboxylic acids is 1. The second kappa shape index (κ2) is 9.47. The van der Waals surface area contributed by atoms with Crippen LogP contribution in [0.25, 0.3) is 0 Å². The SMILES string of the molecule is C[C@@H]1CN([C@H](C)CO)C(=O)c2cc(NS(=O)(=O)c3cn(C)cn3)ccc2O[C@@H]1CN(C)C. The average Bonchev–Trinajstić information content (AvgIpc) is 3.17. The number of hydrogen-bond donors (Lipinski definition) is 2. The van der Waals surface area contributed by atoms with Crippen LogP contribution in [0.1, 0.15) is 24.2 Å². The van der Waals surface area contributed by atoms with E-state index < -0.39 is 16.1 Å². The van der Waals surface area contributed by atoms with Gasteiger partial charge in [0.1, 0.15) is 11.9 Å². The molecule has 0 unspecified atom stereocenters. The van der Waals surface area contributed by atoms with Crippen molar-refractivity contribution in [1.82, 2.24) is 19.4 Å². The number of nitrogens with zero attached hydrogens (tertiary/aromatic N) is 4. The van der Waals surface area contributed by atoms with E-state index in [1.807, 2.05) is 25.9 Å². The highest BCUT2D eigenvalue weighted by Crippen LogP contribution is 2.31. The van der Waals surface area contributed by atoms with Crippen molar-refractivity contribution in [2.45, 2.75) is 31.0 Å². The normalized spacial score (nSPS) is 20.3. The number of rotatable bonds is 7. The van der Waals surface area contributed by atoms with Crippen molar-refractivity contribution >= 4 is 21.6 Å². The summed E-state index contributed by atoms with van der Waals surface area (Å²) in [7, 11) is 1.66. The van der Waals surface area contributed by atoms with Crippen LogP contribution in [-0.4, -0.2) is 84.7 Å². The average molecular weight is 466 g/mol. The Morgan fingerprint density at radius 1 is 1.38 bits per heavy atom. The number of likely N-dealkylation sites (N-methyl/N-ethyl adjacent to an activating group) is 1. The fourth-order valence-corrected chi connectivity index (χ4v) is 4.63. The number of aryl methyl sites for hydroxylation is 1. The minimum Gasteiger partial charge on any atom is -0.488 e. The quantitative estimate of drug-likeness (QED) is 0.627. The fraction of sp³-hybridized carbons (Fsp3) is 0.524. The first kappa shape index (κ1) is 24.0. The van der Waals surface area contributed by atoms with E-state index in [1.165, 1.54) is 23.2 Å². The number of fused-ring (bicyclic) bond motifs is 1. The second-order valence-corrected chi connectivity index (χ2v) is 10.2. The molecule has 0 spiro atoms. The number of hydrogen-bond acceptors (Lipinski definition) is 7. The third-order valence-corrected chi connectivity index (χ3v) is 6.68. The lowest BCUT2D eigenvalue weighted by molar-refractivity contribution is 0.0363. The number of aliphatic hydroxyl groups excluding tert-OH is 1. The highest BCUT2D eigenvalue weighted by molar-refractivity contribution is 7.92. The zero-order valence-corrected chi connectivity index (χ0v) is 19.8. The molecule has 2 heterocycles. The van der Waals surface area contributed by atoms with Crippen molar-refractivity contribution in [3.8, 4) is 5.75 Å². The standard InChI is InChI=1S/C21H31N5O5S/c1-14-9-26(15(2)12-27)21(28)17-8-16(6-7-18(17)31-19(14)10-24(3)4)23-32(29,30)20-11-25(5)13-22-20/h6-8,11,13-15,19,23,27H,9-10,12H2,1-5H3/t14-,15-,19-/m1/s1. The van der Waals surface area contributed by atoms with E-state index in [4.69, 9.17) is 4.74 Å². The van der Waals surface area contributed by atoms with E-state index in [0.29, 0.717) is 18.8 Å². The summed E-state index contributed by atoms with van der Waals surface area (Å²) < 4.78 is 35.6. The van der Waals surface area contributed by atoms with Gasteiger partial charge in [-0.3, -0.25) is 9.52 Å². The van der Waals surface area contributed by atoms with Crippen LogP contribution in [0.3, 0.4) is 0 Å². The van der Waals surface area contributed by atoms with Crippen molar-refractivity contribution in [2.75, 3.05) is 38.5 Å². The summed E-state index contributed by atoms with van der Waals surface area (Å²) in [6, 6.07) is 4.24. The topological polar surface area (TPSA) is 117 Å². The minimum atomic E-state index is -3.92. The van der Waals surface area contributed by atoms with Crippen molar-refractivity contribution in [1.29, 1.82) is 0 Å². The first-order valence-electron chi connectivity index (χ1n) is 10.4. The largest absolute Gasteiger partial charge is 0.488 e.